The van der Waals surface area contributed by atoms with Crippen molar-refractivity contribution in [2.45, 2.75) is 12.4 Å². The summed E-state index contributed by atoms with van der Waals surface area (Å²) < 4.78 is 96.6. The van der Waals surface area contributed by atoms with Crippen LogP contribution in [0.2, 0.25) is 0 Å². The summed E-state index contributed by atoms with van der Waals surface area (Å²) in [4.78, 5) is 7.02. The molecule has 0 saturated heterocycles. The first-order valence-corrected chi connectivity index (χ1v) is 24.3. The van der Waals surface area contributed by atoms with Crippen LogP contribution in [-0.4, -0.2) is 9.13 Å². The molecule has 0 atom stereocenters. The van der Waals surface area contributed by atoms with Crippen molar-refractivity contribution in [3.8, 4) is 79.1 Å². The third kappa shape index (κ3) is 8.41. The van der Waals surface area contributed by atoms with Gasteiger partial charge in [-0.1, -0.05) is 97.1 Å². The Hall–Kier alpha value is -10.7. The number of rotatable bonds is 7. The van der Waals surface area contributed by atoms with Crippen molar-refractivity contribution in [2.75, 3.05) is 0 Å². The summed E-state index contributed by atoms with van der Waals surface area (Å²) in [6, 6.07) is 61.6. The summed E-state index contributed by atoms with van der Waals surface area (Å²) in [6.07, 6.45) is -10.2. The highest BCUT2D eigenvalue weighted by Crippen LogP contribution is 2.47. The number of hydrogen-bond donors (Lipinski definition) is 0. The normalized spacial score (nSPS) is 11.7. The van der Waals surface area contributed by atoms with Crippen molar-refractivity contribution < 1.29 is 26.3 Å². The second-order valence-electron chi connectivity index (χ2n) is 18.7. The monoisotopic (exact) mass is 1020 g/mol. The van der Waals surface area contributed by atoms with Gasteiger partial charge in [0, 0.05) is 32.9 Å². The molecule has 12 aromatic rings. The molecule has 12 rings (SSSR count). The second-order valence-corrected chi connectivity index (χ2v) is 18.7. The summed E-state index contributed by atoms with van der Waals surface area (Å²) in [6.45, 7) is 14.9. The predicted molar refractivity (Wildman–Crippen MR) is 294 cm³/mol. The van der Waals surface area contributed by atoms with E-state index in [1.807, 2.05) is 121 Å². The van der Waals surface area contributed by atoms with E-state index in [1.54, 1.807) is 57.7 Å². The summed E-state index contributed by atoms with van der Waals surface area (Å²) in [5.74, 6) is 0. The number of hydrogen-bond acceptors (Lipinski definition) is 2. The molecule has 370 valence electrons. The molecule has 0 bridgehead atoms. The van der Waals surface area contributed by atoms with Gasteiger partial charge in [0.2, 0.25) is 0 Å². The number of alkyl halides is 6. The minimum Gasteiger partial charge on any atom is -0.309 e. The molecule has 0 spiro atoms. The fourth-order valence-electron chi connectivity index (χ4n) is 10.5. The van der Waals surface area contributed by atoms with Crippen molar-refractivity contribution in [3.05, 3.63) is 251 Å². The maximum Gasteiger partial charge on any atom is 0.417 e. The standard InChI is InChI=1S/C66H34F6N6/c1-75-49-19-11-43(12-20-49)47-17-29-63-57(33-47)58-34-48(44-13-21-50(76-2)22-14-44)18-30-64(58)78(63)52-24-26-60(66(70,71)72)54(36-52)53-35-51(23-25-59(53)65(67,68)69)77-61-27-15-45(41-7-3-39(37-73)4-8-41)31-55(61)56-32-46(16-28-62(56)77)42-9-5-40(38-74)6-10-42/h3-36H. The van der Waals surface area contributed by atoms with Crippen LogP contribution in [-0.2, 0) is 12.4 Å². The first kappa shape index (κ1) is 48.3. The van der Waals surface area contributed by atoms with Gasteiger partial charge in [0.05, 0.1) is 69.6 Å². The number of halogens is 6. The summed E-state index contributed by atoms with van der Waals surface area (Å²) in [5.41, 5.74) is 7.07. The average Bonchev–Trinajstić information content (AvgIpc) is 4.22. The van der Waals surface area contributed by atoms with Gasteiger partial charge in [0.25, 0.3) is 0 Å². The predicted octanol–water partition coefficient (Wildman–Crippen LogP) is 19.1. The molecule has 0 unspecified atom stereocenters. The smallest absolute Gasteiger partial charge is 0.309 e. The molecule has 0 fully saturated rings. The lowest BCUT2D eigenvalue weighted by Gasteiger charge is -2.21. The average molecular weight is 1030 g/mol. The van der Waals surface area contributed by atoms with E-state index in [-0.39, 0.29) is 11.4 Å². The van der Waals surface area contributed by atoms with Crippen LogP contribution in [0.15, 0.2) is 206 Å². The molecule has 0 saturated carbocycles. The summed E-state index contributed by atoms with van der Waals surface area (Å²) in [7, 11) is 0. The lowest BCUT2D eigenvalue weighted by molar-refractivity contribution is -0.139. The Labute approximate surface area is 442 Å². The summed E-state index contributed by atoms with van der Waals surface area (Å²) in [5, 5.41) is 21.8. The van der Waals surface area contributed by atoms with Gasteiger partial charge in [-0.2, -0.15) is 36.9 Å². The van der Waals surface area contributed by atoms with Gasteiger partial charge in [-0.3, -0.25) is 0 Å². The molecule has 6 nitrogen and oxygen atoms in total. The lowest BCUT2D eigenvalue weighted by Crippen LogP contribution is -2.12. The maximum atomic E-state index is 15.5. The zero-order valence-corrected chi connectivity index (χ0v) is 40.6. The van der Waals surface area contributed by atoms with Crippen molar-refractivity contribution in [3.63, 3.8) is 0 Å². The molecular weight excluding hydrogens is 991 g/mol. The van der Waals surface area contributed by atoms with E-state index in [9.17, 15) is 10.5 Å². The number of benzene rings is 10. The zero-order chi connectivity index (χ0) is 54.0. The Morgan fingerprint density at radius 1 is 0.333 bits per heavy atom. The van der Waals surface area contributed by atoms with Crippen LogP contribution in [0.5, 0.6) is 0 Å². The quantitative estimate of drug-likeness (QED) is 0.118. The van der Waals surface area contributed by atoms with E-state index >= 15 is 26.3 Å². The van der Waals surface area contributed by atoms with Crippen molar-refractivity contribution in [2.24, 2.45) is 0 Å². The van der Waals surface area contributed by atoms with Gasteiger partial charge in [0.15, 0.2) is 11.4 Å². The molecule has 0 N–H and O–H groups in total. The van der Waals surface area contributed by atoms with Crippen LogP contribution >= 0.6 is 0 Å². The van der Waals surface area contributed by atoms with Crippen molar-refractivity contribution >= 4 is 55.0 Å². The Morgan fingerprint density at radius 3 is 0.859 bits per heavy atom. The van der Waals surface area contributed by atoms with Crippen LogP contribution in [0, 0.1) is 35.8 Å². The van der Waals surface area contributed by atoms with Gasteiger partial charge in [-0.25, -0.2) is 9.69 Å². The fourth-order valence-corrected chi connectivity index (χ4v) is 10.5. The Bertz CT molecular complexity index is 4070. The molecular formula is C66H34F6N6. The molecule has 0 radical (unpaired) electrons. The third-order valence-corrected chi connectivity index (χ3v) is 14.3. The molecule has 2 heterocycles. The lowest BCUT2D eigenvalue weighted by atomic mass is 9.93. The van der Waals surface area contributed by atoms with Crippen LogP contribution in [0.4, 0.5) is 37.7 Å². The minimum atomic E-state index is -5.08. The molecule has 10 aromatic carbocycles. The van der Waals surface area contributed by atoms with Crippen LogP contribution in [0.25, 0.3) is 120 Å². The Balaban J connectivity index is 1.08. The largest absolute Gasteiger partial charge is 0.417 e. The van der Waals surface area contributed by atoms with Crippen LogP contribution < -0.4 is 0 Å². The van der Waals surface area contributed by atoms with E-state index in [1.165, 1.54) is 24.3 Å². The third-order valence-electron chi connectivity index (χ3n) is 14.3. The van der Waals surface area contributed by atoms with E-state index < -0.39 is 34.6 Å². The van der Waals surface area contributed by atoms with Crippen molar-refractivity contribution in [1.82, 2.24) is 9.13 Å². The number of fused-ring (bicyclic) bond motifs is 6. The molecule has 0 amide bonds. The van der Waals surface area contributed by atoms with Gasteiger partial charge < -0.3 is 9.13 Å². The van der Waals surface area contributed by atoms with Gasteiger partial charge in [-0.05, 0) is 165 Å². The maximum absolute atomic E-state index is 15.5. The van der Waals surface area contributed by atoms with E-state index in [0.29, 0.717) is 66.1 Å². The molecule has 78 heavy (non-hydrogen) atoms. The Morgan fingerprint density at radius 2 is 0.603 bits per heavy atom. The first-order valence-electron chi connectivity index (χ1n) is 24.3. The molecule has 0 aliphatic heterocycles. The van der Waals surface area contributed by atoms with Gasteiger partial charge in [-0.15, -0.1) is 0 Å². The van der Waals surface area contributed by atoms with E-state index in [4.69, 9.17) is 13.1 Å². The highest BCUT2D eigenvalue weighted by Gasteiger charge is 2.39. The first-order chi connectivity index (χ1) is 37.7. The molecule has 0 aliphatic rings. The molecule has 2 aromatic heterocycles. The SMILES string of the molecule is [C-]#[N+]c1ccc(-c2ccc3c(c2)c2cc(-c4ccc([N+]#[C-])cc4)ccc2n3-c2ccc(C(F)(F)F)c(-c3cc(-n4c5ccc(-c6ccc(C#N)cc6)cc5c5cc(-c6ccc(C#N)cc6)ccc54)ccc3C(F)(F)F)c2)cc1. The highest BCUT2D eigenvalue weighted by atomic mass is 19.4. The van der Waals surface area contributed by atoms with Crippen LogP contribution in [0.1, 0.15) is 22.3 Å². The van der Waals surface area contributed by atoms with E-state index in [0.717, 1.165) is 56.6 Å². The van der Waals surface area contributed by atoms with Crippen molar-refractivity contribution in [1.29, 1.82) is 10.5 Å². The zero-order valence-electron chi connectivity index (χ0n) is 40.6. The fraction of sp³-hybridized carbons (Fsp3) is 0.0303. The topological polar surface area (TPSA) is 66.2 Å². The number of nitriles is 2. The second kappa shape index (κ2) is 18.6. The highest BCUT2D eigenvalue weighted by molar-refractivity contribution is 6.13. The van der Waals surface area contributed by atoms with E-state index in [2.05, 4.69) is 21.8 Å². The number of aromatic nitrogens is 2. The molecule has 0 aliphatic carbocycles. The number of nitrogens with zero attached hydrogens (tertiary/aromatic N) is 6. The minimum absolute atomic E-state index is 0.180. The summed E-state index contributed by atoms with van der Waals surface area (Å²) >= 11 is 0. The van der Waals surface area contributed by atoms with Crippen LogP contribution in [0.3, 0.4) is 0 Å². The Kier molecular flexibility index (Phi) is 11.5. The molecule has 12 heteroatoms. The van der Waals surface area contributed by atoms with Gasteiger partial charge >= 0.3 is 12.4 Å². The van der Waals surface area contributed by atoms with Gasteiger partial charge in [0.1, 0.15) is 0 Å².